The standard InChI is InChI=1S/C17H24N4O4S.ClH/c1-13(22)20-6-8-21(9-7-20)26(24,25)16-4-2-15(3-5-16)17(23)19-12-14-10-18-11-14;/h2-5,14,18H,6-12H2,1H3,(H,19,23);1H. The Morgan fingerprint density at radius 2 is 1.70 bits per heavy atom. The van der Waals surface area contributed by atoms with Crippen molar-refractivity contribution in [3.05, 3.63) is 29.8 Å². The van der Waals surface area contributed by atoms with Gasteiger partial charge in [-0.25, -0.2) is 8.42 Å². The number of amides is 2. The molecule has 8 nitrogen and oxygen atoms in total. The van der Waals surface area contributed by atoms with Crippen LogP contribution in [0.15, 0.2) is 29.2 Å². The molecule has 0 spiro atoms. The smallest absolute Gasteiger partial charge is 0.251 e. The maximum Gasteiger partial charge on any atom is 0.251 e. The summed E-state index contributed by atoms with van der Waals surface area (Å²) in [5.41, 5.74) is 0.442. The van der Waals surface area contributed by atoms with Gasteiger partial charge >= 0.3 is 0 Å². The monoisotopic (exact) mass is 416 g/mol. The van der Waals surface area contributed by atoms with E-state index in [1.165, 1.54) is 35.5 Å². The lowest BCUT2D eigenvalue weighted by Gasteiger charge is -2.33. The van der Waals surface area contributed by atoms with Crippen LogP contribution in [0, 0.1) is 5.92 Å². The normalized spacial score (nSPS) is 18.3. The molecular weight excluding hydrogens is 392 g/mol. The molecule has 1 aromatic rings. The molecule has 0 atom stereocenters. The molecule has 10 heteroatoms. The van der Waals surface area contributed by atoms with Gasteiger partial charge in [-0.3, -0.25) is 9.59 Å². The van der Waals surface area contributed by atoms with Gasteiger partial charge < -0.3 is 15.5 Å². The van der Waals surface area contributed by atoms with Crippen LogP contribution < -0.4 is 10.6 Å². The van der Waals surface area contributed by atoms with Gasteiger partial charge in [-0.1, -0.05) is 0 Å². The van der Waals surface area contributed by atoms with Gasteiger partial charge in [-0.2, -0.15) is 4.31 Å². The maximum absolute atomic E-state index is 12.7. The van der Waals surface area contributed by atoms with Gasteiger partial charge in [0, 0.05) is 64.2 Å². The summed E-state index contributed by atoms with van der Waals surface area (Å²) in [6, 6.07) is 6.00. The van der Waals surface area contributed by atoms with Crippen molar-refractivity contribution in [2.24, 2.45) is 5.92 Å². The van der Waals surface area contributed by atoms with Crippen molar-refractivity contribution in [1.82, 2.24) is 19.8 Å². The topological polar surface area (TPSA) is 98.8 Å². The summed E-state index contributed by atoms with van der Waals surface area (Å²) in [7, 11) is -3.62. The highest BCUT2D eigenvalue weighted by molar-refractivity contribution is 7.89. The average molecular weight is 417 g/mol. The van der Waals surface area contributed by atoms with Crippen molar-refractivity contribution in [3.8, 4) is 0 Å². The highest BCUT2D eigenvalue weighted by Gasteiger charge is 2.29. The van der Waals surface area contributed by atoms with Crippen LogP contribution in [0.4, 0.5) is 0 Å². The van der Waals surface area contributed by atoms with Crippen molar-refractivity contribution >= 4 is 34.2 Å². The molecule has 0 aromatic heterocycles. The van der Waals surface area contributed by atoms with Crippen LogP contribution in [0.2, 0.25) is 0 Å². The summed E-state index contributed by atoms with van der Waals surface area (Å²) in [5.74, 6) is 0.221. The molecule has 2 aliphatic rings. The summed E-state index contributed by atoms with van der Waals surface area (Å²) in [5, 5.41) is 6.01. The molecule has 0 unspecified atom stereocenters. The largest absolute Gasteiger partial charge is 0.352 e. The lowest BCUT2D eigenvalue weighted by Crippen LogP contribution is -2.49. The molecular formula is C17H25ClN4O4S. The van der Waals surface area contributed by atoms with E-state index >= 15 is 0 Å². The molecule has 2 heterocycles. The molecule has 27 heavy (non-hydrogen) atoms. The summed E-state index contributed by atoms with van der Waals surface area (Å²) in [4.78, 5) is 25.3. The van der Waals surface area contributed by atoms with Gasteiger partial charge in [0.2, 0.25) is 15.9 Å². The third-order valence-corrected chi connectivity index (χ3v) is 6.77. The zero-order valence-corrected chi connectivity index (χ0v) is 16.8. The number of rotatable bonds is 5. The Kier molecular flexibility index (Phi) is 7.21. The Labute approximate surface area is 165 Å². The molecule has 150 valence electrons. The van der Waals surface area contributed by atoms with Crippen LogP contribution >= 0.6 is 12.4 Å². The Morgan fingerprint density at radius 1 is 1.11 bits per heavy atom. The Bertz CT molecular complexity index is 773. The first-order chi connectivity index (χ1) is 12.4. The molecule has 2 amide bonds. The summed E-state index contributed by atoms with van der Waals surface area (Å²) < 4.78 is 26.8. The van der Waals surface area contributed by atoms with Gasteiger partial charge in [0.05, 0.1) is 4.90 Å². The van der Waals surface area contributed by atoms with E-state index in [9.17, 15) is 18.0 Å². The predicted octanol–water partition coefficient (Wildman–Crippen LogP) is -0.0896. The van der Waals surface area contributed by atoms with E-state index in [1.807, 2.05) is 0 Å². The lowest BCUT2D eigenvalue weighted by molar-refractivity contribution is -0.129. The Hall–Kier alpha value is -1.68. The van der Waals surface area contributed by atoms with Crippen LogP contribution in [0.25, 0.3) is 0 Å². The number of nitrogens with one attached hydrogen (secondary N) is 2. The van der Waals surface area contributed by atoms with Crippen LogP contribution in [-0.2, 0) is 14.8 Å². The number of hydrogen-bond acceptors (Lipinski definition) is 5. The van der Waals surface area contributed by atoms with E-state index < -0.39 is 10.0 Å². The minimum atomic E-state index is -3.62. The van der Waals surface area contributed by atoms with E-state index in [0.717, 1.165) is 13.1 Å². The number of sulfonamides is 1. The minimum Gasteiger partial charge on any atom is -0.352 e. The molecule has 2 fully saturated rings. The van der Waals surface area contributed by atoms with Crippen molar-refractivity contribution in [3.63, 3.8) is 0 Å². The predicted molar refractivity (Wildman–Crippen MR) is 103 cm³/mol. The molecule has 0 bridgehead atoms. The fraction of sp³-hybridized carbons (Fsp3) is 0.529. The molecule has 0 radical (unpaired) electrons. The molecule has 2 aliphatic heterocycles. The highest BCUT2D eigenvalue weighted by atomic mass is 35.5. The van der Waals surface area contributed by atoms with Gasteiger partial charge in [-0.15, -0.1) is 12.4 Å². The number of carbonyl (C=O) groups excluding carboxylic acids is 2. The zero-order valence-electron chi connectivity index (χ0n) is 15.2. The van der Waals surface area contributed by atoms with E-state index in [0.29, 0.717) is 31.1 Å². The molecule has 3 rings (SSSR count). The van der Waals surface area contributed by atoms with E-state index in [-0.39, 0.29) is 42.2 Å². The molecule has 0 aliphatic carbocycles. The number of hydrogen-bond donors (Lipinski definition) is 2. The number of carbonyl (C=O) groups is 2. The molecule has 0 saturated carbocycles. The third-order valence-electron chi connectivity index (χ3n) is 4.86. The van der Waals surface area contributed by atoms with Gasteiger partial charge in [-0.05, 0) is 24.3 Å². The van der Waals surface area contributed by atoms with Gasteiger partial charge in [0.15, 0.2) is 0 Å². The summed E-state index contributed by atoms with van der Waals surface area (Å²) >= 11 is 0. The number of nitrogens with zero attached hydrogens (tertiary/aromatic N) is 2. The van der Waals surface area contributed by atoms with Gasteiger partial charge in [0.25, 0.3) is 5.91 Å². The fourth-order valence-corrected chi connectivity index (χ4v) is 4.42. The molecule has 2 N–H and O–H groups in total. The number of piperazine rings is 1. The quantitative estimate of drug-likeness (QED) is 0.699. The first-order valence-electron chi connectivity index (χ1n) is 8.72. The van der Waals surface area contributed by atoms with Crippen LogP contribution in [0.5, 0.6) is 0 Å². The Balaban J connectivity index is 0.00000261. The highest BCUT2D eigenvalue weighted by Crippen LogP contribution is 2.18. The number of benzene rings is 1. The summed E-state index contributed by atoms with van der Waals surface area (Å²) in [6.07, 6.45) is 0. The first-order valence-corrected chi connectivity index (χ1v) is 10.2. The second-order valence-corrected chi connectivity index (χ2v) is 8.61. The number of halogens is 1. The SMILES string of the molecule is CC(=O)N1CCN(S(=O)(=O)c2ccc(C(=O)NCC3CNC3)cc2)CC1.Cl. The second kappa shape index (κ2) is 9.01. The average Bonchev–Trinajstić information content (AvgIpc) is 2.60. The van der Waals surface area contributed by atoms with Crippen molar-refractivity contribution < 1.29 is 18.0 Å². The molecule has 1 aromatic carbocycles. The van der Waals surface area contributed by atoms with E-state index in [1.54, 1.807) is 4.90 Å². The van der Waals surface area contributed by atoms with E-state index in [4.69, 9.17) is 0 Å². The minimum absolute atomic E-state index is 0. The van der Waals surface area contributed by atoms with Gasteiger partial charge in [0.1, 0.15) is 0 Å². The van der Waals surface area contributed by atoms with Crippen LogP contribution in [0.1, 0.15) is 17.3 Å². The maximum atomic E-state index is 12.7. The second-order valence-electron chi connectivity index (χ2n) is 6.67. The first kappa shape index (κ1) is 21.6. The van der Waals surface area contributed by atoms with Crippen molar-refractivity contribution in [2.75, 3.05) is 45.8 Å². The van der Waals surface area contributed by atoms with E-state index in [2.05, 4.69) is 10.6 Å². The van der Waals surface area contributed by atoms with Crippen LogP contribution in [-0.4, -0.2) is 75.3 Å². The van der Waals surface area contributed by atoms with Crippen molar-refractivity contribution in [2.45, 2.75) is 11.8 Å². The Morgan fingerprint density at radius 3 is 2.19 bits per heavy atom. The fourth-order valence-electron chi connectivity index (χ4n) is 3.00. The molecule has 2 saturated heterocycles. The summed E-state index contributed by atoms with van der Waals surface area (Å²) in [6.45, 7) is 5.26. The van der Waals surface area contributed by atoms with Crippen LogP contribution in [0.3, 0.4) is 0 Å². The van der Waals surface area contributed by atoms with Crippen molar-refractivity contribution in [1.29, 1.82) is 0 Å². The lowest BCUT2D eigenvalue weighted by atomic mass is 10.0. The third kappa shape index (κ3) is 4.98. The zero-order chi connectivity index (χ0) is 18.7.